The summed E-state index contributed by atoms with van der Waals surface area (Å²) < 4.78 is 0. The zero-order valence-corrected chi connectivity index (χ0v) is 15.4. The minimum atomic E-state index is -1.27. The lowest BCUT2D eigenvalue weighted by Crippen LogP contribution is -2.42. The molecule has 2 atom stereocenters. The van der Waals surface area contributed by atoms with E-state index in [9.17, 15) is 24.3 Å². The molecular weight excluding hydrogens is 380 g/mol. The number of rotatable bonds is 9. The Balaban J connectivity index is 2.08. The van der Waals surface area contributed by atoms with E-state index in [1.807, 2.05) is 35.3 Å². The van der Waals surface area contributed by atoms with Gasteiger partial charge in [-0.1, -0.05) is 30.3 Å². The lowest BCUT2D eigenvalue weighted by atomic mass is 9.99. The molecule has 11 nitrogen and oxygen atoms in total. The molecule has 8 N–H and O–H groups in total. The van der Waals surface area contributed by atoms with Crippen LogP contribution in [0.4, 0.5) is 0 Å². The molecule has 1 heterocycles. The molecule has 0 aliphatic rings. The van der Waals surface area contributed by atoms with Crippen LogP contribution in [0, 0.1) is 0 Å². The van der Waals surface area contributed by atoms with E-state index in [0.29, 0.717) is 6.42 Å². The van der Waals surface area contributed by atoms with Crippen molar-refractivity contribution in [3.05, 3.63) is 68.5 Å². The average Bonchev–Trinajstić information content (AvgIpc) is 2.64. The Kier molecular flexibility index (Phi) is 7.29. The number of nitrogens with one attached hydrogen (secondary N) is 3. The highest BCUT2D eigenvalue weighted by atomic mass is 16.4. The number of hydrogen-bond acceptors (Lipinski definition) is 5. The van der Waals surface area contributed by atoms with Crippen molar-refractivity contribution >= 4 is 17.8 Å². The Labute approximate surface area is 164 Å². The summed E-state index contributed by atoms with van der Waals surface area (Å²) in [7, 11) is 0. The molecule has 11 heteroatoms. The van der Waals surface area contributed by atoms with Crippen LogP contribution in [-0.2, 0) is 11.2 Å². The Morgan fingerprint density at radius 1 is 1.10 bits per heavy atom. The number of H-pyrrole nitrogens is 2. The van der Waals surface area contributed by atoms with Gasteiger partial charge in [0.25, 0.3) is 11.5 Å². The first-order chi connectivity index (χ1) is 13.7. The molecule has 29 heavy (non-hydrogen) atoms. The number of aromatic nitrogens is 2. The van der Waals surface area contributed by atoms with Crippen molar-refractivity contribution in [2.75, 3.05) is 0 Å². The molecule has 2 unspecified atom stereocenters. The normalized spacial score (nSPS) is 12.6. The first kappa shape index (κ1) is 21.4. The van der Waals surface area contributed by atoms with Gasteiger partial charge in [0.05, 0.1) is 6.04 Å². The zero-order chi connectivity index (χ0) is 21.4. The van der Waals surface area contributed by atoms with Crippen molar-refractivity contribution in [3.63, 3.8) is 0 Å². The van der Waals surface area contributed by atoms with E-state index >= 15 is 0 Å². The minimum absolute atomic E-state index is 0.0305. The topological polar surface area (TPSA) is 197 Å². The Morgan fingerprint density at radius 2 is 1.79 bits per heavy atom. The molecule has 0 bridgehead atoms. The second kappa shape index (κ2) is 9.88. The minimum Gasteiger partial charge on any atom is -0.480 e. The third kappa shape index (κ3) is 6.97. The fourth-order valence-corrected chi connectivity index (χ4v) is 2.75. The number of carbonyl (C=O) groups is 2. The van der Waals surface area contributed by atoms with Gasteiger partial charge in [-0.2, -0.15) is 0 Å². The molecule has 0 saturated heterocycles. The molecule has 0 spiro atoms. The van der Waals surface area contributed by atoms with Gasteiger partial charge in [-0.15, -0.1) is 0 Å². The molecule has 1 aromatic heterocycles. The molecule has 2 aromatic rings. The van der Waals surface area contributed by atoms with Gasteiger partial charge in [0, 0.05) is 6.07 Å². The first-order valence-electron chi connectivity index (χ1n) is 8.74. The van der Waals surface area contributed by atoms with E-state index in [1.165, 1.54) is 0 Å². The molecule has 0 aliphatic carbocycles. The second-order valence-corrected chi connectivity index (χ2v) is 6.34. The van der Waals surface area contributed by atoms with Gasteiger partial charge in [0.15, 0.2) is 5.96 Å². The predicted octanol–water partition coefficient (Wildman–Crippen LogP) is -1.09. The SMILES string of the molecule is NC(N)=NC(CCC(NC(=O)c1cc(=O)[nH]c(=O)[nH]1)C(=O)O)Cc1ccccc1. The van der Waals surface area contributed by atoms with Gasteiger partial charge >= 0.3 is 11.7 Å². The van der Waals surface area contributed by atoms with Crippen LogP contribution in [0.1, 0.15) is 28.9 Å². The van der Waals surface area contributed by atoms with E-state index in [4.69, 9.17) is 11.5 Å². The molecule has 0 aliphatic heterocycles. The predicted molar refractivity (Wildman–Crippen MR) is 106 cm³/mol. The van der Waals surface area contributed by atoms with Crippen molar-refractivity contribution in [2.45, 2.75) is 31.3 Å². The van der Waals surface area contributed by atoms with E-state index in [-0.39, 0.29) is 30.5 Å². The van der Waals surface area contributed by atoms with E-state index in [0.717, 1.165) is 11.6 Å². The quantitative estimate of drug-likeness (QED) is 0.226. The maximum Gasteiger partial charge on any atom is 0.326 e. The van der Waals surface area contributed by atoms with Gasteiger partial charge in [-0.3, -0.25) is 14.6 Å². The number of benzene rings is 1. The highest BCUT2D eigenvalue weighted by Crippen LogP contribution is 2.13. The third-order valence-electron chi connectivity index (χ3n) is 4.04. The number of amides is 1. The molecule has 1 aromatic carbocycles. The number of aromatic amines is 2. The summed E-state index contributed by atoms with van der Waals surface area (Å²) >= 11 is 0. The van der Waals surface area contributed by atoms with Crippen molar-refractivity contribution in [1.82, 2.24) is 15.3 Å². The van der Waals surface area contributed by atoms with Crippen molar-refractivity contribution in [1.29, 1.82) is 0 Å². The van der Waals surface area contributed by atoms with Gasteiger partial charge < -0.3 is 26.9 Å². The summed E-state index contributed by atoms with van der Waals surface area (Å²) in [5, 5.41) is 11.7. The number of aliphatic carboxylic acids is 1. The smallest absolute Gasteiger partial charge is 0.326 e. The van der Waals surface area contributed by atoms with E-state index in [2.05, 4.69) is 15.3 Å². The number of nitrogens with two attached hydrogens (primary N) is 2. The Bertz CT molecular complexity index is 965. The Hall–Kier alpha value is -3.89. The molecule has 154 valence electrons. The molecule has 0 radical (unpaired) electrons. The van der Waals surface area contributed by atoms with Crippen LogP contribution in [0.15, 0.2) is 51.0 Å². The summed E-state index contributed by atoms with van der Waals surface area (Å²) in [5.41, 5.74) is 9.93. The van der Waals surface area contributed by atoms with Crippen molar-refractivity contribution in [2.24, 2.45) is 16.5 Å². The second-order valence-electron chi connectivity index (χ2n) is 6.34. The molecule has 2 rings (SSSR count). The fourth-order valence-electron chi connectivity index (χ4n) is 2.75. The third-order valence-corrected chi connectivity index (χ3v) is 4.04. The van der Waals surface area contributed by atoms with Gasteiger partial charge in [-0.05, 0) is 24.8 Å². The van der Waals surface area contributed by atoms with Crippen molar-refractivity contribution in [3.8, 4) is 0 Å². The zero-order valence-electron chi connectivity index (χ0n) is 15.4. The van der Waals surface area contributed by atoms with Gasteiger partial charge in [-0.25, -0.2) is 14.6 Å². The summed E-state index contributed by atoms with van der Waals surface area (Å²) in [5.74, 6) is -2.28. The Morgan fingerprint density at radius 3 is 2.38 bits per heavy atom. The summed E-state index contributed by atoms with van der Waals surface area (Å²) in [4.78, 5) is 54.6. The monoisotopic (exact) mass is 402 g/mol. The lowest BCUT2D eigenvalue weighted by Gasteiger charge is -2.18. The maximum absolute atomic E-state index is 12.2. The average molecular weight is 402 g/mol. The lowest BCUT2D eigenvalue weighted by molar-refractivity contribution is -0.139. The number of aliphatic imine (C=N–C) groups is 1. The molecule has 0 fully saturated rings. The first-order valence-corrected chi connectivity index (χ1v) is 8.74. The van der Waals surface area contributed by atoms with Crippen LogP contribution in [-0.4, -0.2) is 45.0 Å². The number of carboxylic acids is 1. The number of hydrogen-bond donors (Lipinski definition) is 6. The number of nitrogens with zero attached hydrogens (tertiary/aromatic N) is 1. The standard InChI is InChI=1S/C18H22N6O5/c19-17(20)21-11(8-10-4-2-1-3-5-10)6-7-12(16(27)28)22-15(26)13-9-14(25)24-18(29)23-13/h1-5,9,11-12H,6-8H2,(H,22,26)(H,27,28)(H4,19,20,21)(H2,23,24,25,29). The molecule has 1 amide bonds. The van der Waals surface area contributed by atoms with Gasteiger partial charge in [0.1, 0.15) is 11.7 Å². The van der Waals surface area contributed by atoms with Crippen molar-refractivity contribution < 1.29 is 14.7 Å². The maximum atomic E-state index is 12.2. The molecular formula is C18H22N6O5. The summed E-state index contributed by atoms with van der Waals surface area (Å²) in [6.45, 7) is 0. The fraction of sp³-hybridized carbons (Fsp3) is 0.278. The summed E-state index contributed by atoms with van der Waals surface area (Å²) in [6, 6.07) is 8.61. The molecule has 0 saturated carbocycles. The highest BCUT2D eigenvalue weighted by Gasteiger charge is 2.23. The largest absolute Gasteiger partial charge is 0.480 e. The number of carbonyl (C=O) groups excluding carboxylic acids is 1. The highest BCUT2D eigenvalue weighted by molar-refractivity contribution is 5.94. The van der Waals surface area contributed by atoms with Crippen LogP contribution >= 0.6 is 0 Å². The van der Waals surface area contributed by atoms with Crippen LogP contribution in [0.3, 0.4) is 0 Å². The van der Waals surface area contributed by atoms with Gasteiger partial charge in [0.2, 0.25) is 0 Å². The van der Waals surface area contributed by atoms with Crippen LogP contribution in [0.5, 0.6) is 0 Å². The number of carboxylic acid groups (broad SMARTS) is 1. The number of guanidine groups is 1. The van der Waals surface area contributed by atoms with E-state index in [1.54, 1.807) is 0 Å². The van der Waals surface area contributed by atoms with Crippen LogP contribution < -0.4 is 28.0 Å². The summed E-state index contributed by atoms with van der Waals surface area (Å²) in [6.07, 6.45) is 0.791. The van der Waals surface area contributed by atoms with E-state index < -0.39 is 29.2 Å². The van der Waals surface area contributed by atoms with Crippen LogP contribution in [0.25, 0.3) is 0 Å². The van der Waals surface area contributed by atoms with Crippen LogP contribution in [0.2, 0.25) is 0 Å².